The maximum atomic E-state index is 12.6. The smallest absolute Gasteiger partial charge is 0.399 e. The first-order chi connectivity index (χ1) is 6.89. The van der Waals surface area contributed by atoms with Crippen molar-refractivity contribution in [1.82, 2.24) is 9.78 Å². The molecule has 0 fully saturated rings. The molecule has 0 saturated carbocycles. The maximum Gasteiger partial charge on any atom is 0.417 e. The third-order valence-electron chi connectivity index (χ3n) is 2.19. The monoisotopic (exact) mass is 215 g/mol. The standard InChI is InChI=1S/C9H8F3N3/c1-15-8-3-5(13)2-7(9(10,11)12)6(8)4-14-15/h2-4H,13H2,1H3. The van der Waals surface area contributed by atoms with Crippen molar-refractivity contribution in [1.29, 1.82) is 0 Å². The fraction of sp³-hybridized carbons (Fsp3) is 0.222. The van der Waals surface area contributed by atoms with E-state index in [2.05, 4.69) is 5.10 Å². The molecule has 0 amide bonds. The Labute approximate surface area is 83.3 Å². The highest BCUT2D eigenvalue weighted by molar-refractivity contribution is 5.86. The minimum absolute atomic E-state index is 0.0687. The summed E-state index contributed by atoms with van der Waals surface area (Å²) in [6.45, 7) is 0. The number of nitrogen functional groups attached to an aromatic ring is 1. The summed E-state index contributed by atoms with van der Waals surface area (Å²) in [6.07, 6.45) is -3.21. The van der Waals surface area contributed by atoms with E-state index in [1.165, 1.54) is 16.9 Å². The summed E-state index contributed by atoms with van der Waals surface area (Å²) in [6, 6.07) is 2.39. The van der Waals surface area contributed by atoms with E-state index in [1.54, 1.807) is 7.05 Å². The van der Waals surface area contributed by atoms with Crippen LogP contribution in [0.2, 0.25) is 0 Å². The molecule has 2 rings (SSSR count). The van der Waals surface area contributed by atoms with Gasteiger partial charge in [-0.1, -0.05) is 0 Å². The van der Waals surface area contributed by atoms with Gasteiger partial charge in [0.2, 0.25) is 0 Å². The Hall–Kier alpha value is -1.72. The van der Waals surface area contributed by atoms with Crippen molar-refractivity contribution in [2.75, 3.05) is 5.73 Å². The second kappa shape index (κ2) is 2.88. The van der Waals surface area contributed by atoms with Gasteiger partial charge in [-0.05, 0) is 12.1 Å². The van der Waals surface area contributed by atoms with E-state index in [-0.39, 0.29) is 11.1 Å². The average Bonchev–Trinajstić information content (AvgIpc) is 2.45. The number of hydrogen-bond donors (Lipinski definition) is 1. The summed E-state index contributed by atoms with van der Waals surface area (Å²) in [7, 11) is 1.57. The summed E-state index contributed by atoms with van der Waals surface area (Å²) >= 11 is 0. The van der Waals surface area contributed by atoms with Crippen LogP contribution in [0.15, 0.2) is 18.3 Å². The Morgan fingerprint density at radius 1 is 1.33 bits per heavy atom. The van der Waals surface area contributed by atoms with Crippen molar-refractivity contribution in [2.24, 2.45) is 7.05 Å². The van der Waals surface area contributed by atoms with Gasteiger partial charge >= 0.3 is 6.18 Å². The lowest BCUT2D eigenvalue weighted by atomic mass is 10.1. The number of aryl methyl sites for hydroxylation is 1. The minimum Gasteiger partial charge on any atom is -0.399 e. The van der Waals surface area contributed by atoms with E-state index in [0.717, 1.165) is 6.07 Å². The van der Waals surface area contributed by atoms with Crippen molar-refractivity contribution in [3.63, 3.8) is 0 Å². The fourth-order valence-electron chi connectivity index (χ4n) is 1.50. The van der Waals surface area contributed by atoms with E-state index < -0.39 is 11.7 Å². The number of alkyl halides is 3. The van der Waals surface area contributed by atoms with Gasteiger partial charge in [0, 0.05) is 18.1 Å². The molecule has 15 heavy (non-hydrogen) atoms. The van der Waals surface area contributed by atoms with Gasteiger partial charge < -0.3 is 5.73 Å². The van der Waals surface area contributed by atoms with E-state index in [9.17, 15) is 13.2 Å². The molecule has 0 bridgehead atoms. The van der Waals surface area contributed by atoms with E-state index in [0.29, 0.717) is 5.52 Å². The average molecular weight is 215 g/mol. The fourth-order valence-corrected chi connectivity index (χ4v) is 1.50. The van der Waals surface area contributed by atoms with Gasteiger partial charge in [0.1, 0.15) is 0 Å². The molecule has 0 atom stereocenters. The van der Waals surface area contributed by atoms with Crippen LogP contribution in [0.3, 0.4) is 0 Å². The quantitative estimate of drug-likeness (QED) is 0.684. The predicted octanol–water partition coefficient (Wildman–Crippen LogP) is 2.17. The molecule has 0 radical (unpaired) electrons. The molecule has 1 aromatic heterocycles. The molecular formula is C9H8F3N3. The lowest BCUT2D eigenvalue weighted by Crippen LogP contribution is -2.06. The topological polar surface area (TPSA) is 43.8 Å². The minimum atomic E-state index is -4.41. The Morgan fingerprint density at radius 3 is 2.60 bits per heavy atom. The van der Waals surface area contributed by atoms with Gasteiger partial charge in [0.05, 0.1) is 17.3 Å². The highest BCUT2D eigenvalue weighted by atomic mass is 19.4. The van der Waals surface area contributed by atoms with Crippen LogP contribution in [0.5, 0.6) is 0 Å². The third kappa shape index (κ3) is 1.51. The molecule has 0 aliphatic carbocycles. The molecule has 1 heterocycles. The van der Waals surface area contributed by atoms with Gasteiger partial charge in [-0.2, -0.15) is 18.3 Å². The Morgan fingerprint density at radius 2 is 2.00 bits per heavy atom. The molecule has 0 unspecified atom stereocenters. The van der Waals surface area contributed by atoms with Gasteiger partial charge in [-0.15, -0.1) is 0 Å². The van der Waals surface area contributed by atoms with Crippen molar-refractivity contribution in [3.8, 4) is 0 Å². The van der Waals surface area contributed by atoms with Gasteiger partial charge in [-0.25, -0.2) is 0 Å². The van der Waals surface area contributed by atoms with Crippen LogP contribution in [-0.2, 0) is 13.2 Å². The number of benzene rings is 1. The van der Waals surface area contributed by atoms with Crippen LogP contribution in [0, 0.1) is 0 Å². The van der Waals surface area contributed by atoms with Crippen molar-refractivity contribution >= 4 is 16.6 Å². The number of anilines is 1. The van der Waals surface area contributed by atoms with Crippen molar-refractivity contribution < 1.29 is 13.2 Å². The Kier molecular flexibility index (Phi) is 1.89. The number of fused-ring (bicyclic) bond motifs is 1. The number of hydrogen-bond acceptors (Lipinski definition) is 2. The third-order valence-corrected chi connectivity index (χ3v) is 2.19. The van der Waals surface area contributed by atoms with Crippen molar-refractivity contribution in [2.45, 2.75) is 6.18 Å². The summed E-state index contributed by atoms with van der Waals surface area (Å²) in [4.78, 5) is 0. The predicted molar refractivity (Wildman–Crippen MR) is 50.1 cm³/mol. The number of aromatic nitrogens is 2. The second-order valence-corrected chi connectivity index (χ2v) is 3.27. The van der Waals surface area contributed by atoms with Gasteiger partial charge in [-0.3, -0.25) is 4.68 Å². The molecule has 3 nitrogen and oxygen atoms in total. The zero-order valence-electron chi connectivity index (χ0n) is 7.84. The van der Waals surface area contributed by atoms with Crippen LogP contribution >= 0.6 is 0 Å². The molecule has 0 aliphatic heterocycles. The highest BCUT2D eigenvalue weighted by Gasteiger charge is 2.33. The van der Waals surface area contributed by atoms with Gasteiger partial charge in [0.15, 0.2) is 0 Å². The normalized spacial score (nSPS) is 12.3. The molecule has 0 spiro atoms. The first kappa shape index (κ1) is 9.82. The lowest BCUT2D eigenvalue weighted by molar-refractivity contribution is -0.136. The molecule has 80 valence electrons. The van der Waals surface area contributed by atoms with Crippen LogP contribution < -0.4 is 5.73 Å². The zero-order chi connectivity index (χ0) is 11.2. The molecule has 1 aromatic carbocycles. The number of halogens is 3. The van der Waals surface area contributed by atoms with Crippen LogP contribution in [0.25, 0.3) is 10.9 Å². The first-order valence-electron chi connectivity index (χ1n) is 4.18. The molecule has 0 aliphatic rings. The molecule has 2 aromatic rings. The molecule has 2 N–H and O–H groups in total. The van der Waals surface area contributed by atoms with Gasteiger partial charge in [0.25, 0.3) is 0 Å². The number of nitrogens with zero attached hydrogens (tertiary/aromatic N) is 2. The molecule has 6 heteroatoms. The van der Waals surface area contributed by atoms with Crippen LogP contribution in [-0.4, -0.2) is 9.78 Å². The van der Waals surface area contributed by atoms with Crippen LogP contribution in [0.4, 0.5) is 18.9 Å². The summed E-state index contributed by atoms with van der Waals surface area (Å²) < 4.78 is 39.2. The molecule has 0 saturated heterocycles. The number of rotatable bonds is 0. The van der Waals surface area contributed by atoms with Crippen LogP contribution in [0.1, 0.15) is 5.56 Å². The van der Waals surface area contributed by atoms with E-state index >= 15 is 0 Å². The summed E-state index contributed by atoms with van der Waals surface area (Å²) in [5.74, 6) is 0. The second-order valence-electron chi connectivity index (χ2n) is 3.27. The Balaban J connectivity index is 2.84. The van der Waals surface area contributed by atoms with E-state index in [4.69, 9.17) is 5.73 Å². The lowest BCUT2D eigenvalue weighted by Gasteiger charge is -2.09. The van der Waals surface area contributed by atoms with Crippen molar-refractivity contribution in [3.05, 3.63) is 23.9 Å². The summed E-state index contributed by atoms with van der Waals surface area (Å²) in [5, 5.41) is 3.84. The Bertz CT molecular complexity index is 513. The summed E-state index contributed by atoms with van der Waals surface area (Å²) in [5.41, 5.74) is 5.12. The zero-order valence-corrected chi connectivity index (χ0v) is 7.84. The largest absolute Gasteiger partial charge is 0.417 e. The highest BCUT2D eigenvalue weighted by Crippen LogP contribution is 2.36. The maximum absolute atomic E-state index is 12.6. The van der Waals surface area contributed by atoms with E-state index in [1.807, 2.05) is 0 Å². The first-order valence-corrected chi connectivity index (χ1v) is 4.18. The number of nitrogens with two attached hydrogens (primary N) is 1. The molecular weight excluding hydrogens is 207 g/mol. The SMILES string of the molecule is Cn1ncc2c(C(F)(F)F)cc(N)cc21.